The summed E-state index contributed by atoms with van der Waals surface area (Å²) in [6.07, 6.45) is 1.60. The molecule has 104 valence electrons. The fourth-order valence-electron chi connectivity index (χ4n) is 1.94. The van der Waals surface area contributed by atoms with Gasteiger partial charge < -0.3 is 19.6 Å². The molecule has 0 spiro atoms. The zero-order valence-corrected chi connectivity index (χ0v) is 11.1. The van der Waals surface area contributed by atoms with Crippen molar-refractivity contribution in [2.45, 2.75) is 32.3 Å². The Balaban J connectivity index is 2.35. The first-order valence-electron chi connectivity index (χ1n) is 6.38. The number of amides is 2. The number of nitrogens with zero attached hydrogens (tertiary/aromatic N) is 2. The van der Waals surface area contributed by atoms with E-state index >= 15 is 0 Å². The number of urea groups is 1. The molecule has 2 amide bonds. The summed E-state index contributed by atoms with van der Waals surface area (Å²) in [5.41, 5.74) is 0. The smallest absolute Gasteiger partial charge is 0.319 e. The molecule has 0 aliphatic carbocycles. The summed E-state index contributed by atoms with van der Waals surface area (Å²) in [5.74, 6) is -0.826. The topological polar surface area (TPSA) is 70.1 Å². The summed E-state index contributed by atoms with van der Waals surface area (Å²) >= 11 is 0. The number of carboxylic acids is 1. The van der Waals surface area contributed by atoms with Gasteiger partial charge in [-0.2, -0.15) is 0 Å². The molecule has 1 rings (SSSR count). The Labute approximate surface area is 107 Å². The molecule has 1 fully saturated rings. The first kappa shape index (κ1) is 14.8. The van der Waals surface area contributed by atoms with Crippen molar-refractivity contribution in [1.29, 1.82) is 0 Å². The summed E-state index contributed by atoms with van der Waals surface area (Å²) in [4.78, 5) is 25.8. The minimum atomic E-state index is -0.826. The third kappa shape index (κ3) is 4.52. The maximum Gasteiger partial charge on any atom is 0.319 e. The summed E-state index contributed by atoms with van der Waals surface area (Å²) in [5, 5.41) is 8.55. The molecule has 1 unspecified atom stereocenters. The fourth-order valence-corrected chi connectivity index (χ4v) is 1.94. The second-order valence-electron chi connectivity index (χ2n) is 4.55. The number of rotatable bonds is 5. The molecule has 0 bridgehead atoms. The van der Waals surface area contributed by atoms with Crippen LogP contribution < -0.4 is 0 Å². The Morgan fingerprint density at radius 3 is 2.83 bits per heavy atom. The highest BCUT2D eigenvalue weighted by Crippen LogP contribution is 2.10. The minimum absolute atomic E-state index is 0.0397. The number of hydrogen-bond acceptors (Lipinski definition) is 3. The van der Waals surface area contributed by atoms with Gasteiger partial charge in [-0.25, -0.2) is 4.79 Å². The van der Waals surface area contributed by atoms with Crippen molar-refractivity contribution in [2.75, 3.05) is 33.3 Å². The quantitative estimate of drug-likeness (QED) is 0.799. The van der Waals surface area contributed by atoms with E-state index < -0.39 is 5.97 Å². The second kappa shape index (κ2) is 7.20. The van der Waals surface area contributed by atoms with Gasteiger partial charge >= 0.3 is 12.0 Å². The fraction of sp³-hybridized carbons (Fsp3) is 0.833. The Bertz CT molecular complexity index is 296. The van der Waals surface area contributed by atoms with Crippen molar-refractivity contribution >= 4 is 12.0 Å². The highest BCUT2D eigenvalue weighted by atomic mass is 16.5. The number of carboxylic acid groups (broad SMARTS) is 1. The van der Waals surface area contributed by atoms with E-state index in [-0.39, 0.29) is 18.6 Å². The summed E-state index contributed by atoms with van der Waals surface area (Å²) in [6.45, 7) is 4.32. The van der Waals surface area contributed by atoms with E-state index in [4.69, 9.17) is 9.84 Å². The highest BCUT2D eigenvalue weighted by molar-refractivity contribution is 5.74. The lowest BCUT2D eigenvalue weighted by molar-refractivity contribution is -0.137. The molecule has 0 aromatic heterocycles. The van der Waals surface area contributed by atoms with Crippen molar-refractivity contribution in [2.24, 2.45) is 0 Å². The van der Waals surface area contributed by atoms with E-state index in [1.807, 2.05) is 6.92 Å². The molecule has 1 aliphatic rings. The summed E-state index contributed by atoms with van der Waals surface area (Å²) < 4.78 is 5.51. The molecule has 0 saturated carbocycles. The Morgan fingerprint density at radius 1 is 1.50 bits per heavy atom. The number of morpholine rings is 1. The van der Waals surface area contributed by atoms with E-state index in [1.165, 1.54) is 0 Å². The number of aliphatic carboxylic acids is 1. The molecule has 18 heavy (non-hydrogen) atoms. The largest absolute Gasteiger partial charge is 0.481 e. The molecular weight excluding hydrogens is 236 g/mol. The van der Waals surface area contributed by atoms with Gasteiger partial charge in [0.05, 0.1) is 12.7 Å². The number of carbonyl (C=O) groups is 2. The van der Waals surface area contributed by atoms with Gasteiger partial charge in [-0.15, -0.1) is 0 Å². The third-order valence-electron chi connectivity index (χ3n) is 3.08. The standard InChI is InChI=1S/C12H22N2O4/c1-3-10-9-14(7-8-18-10)12(17)13(2)6-4-5-11(15)16/h10H,3-9H2,1-2H3,(H,15,16). The predicted molar refractivity (Wildman–Crippen MR) is 66.5 cm³/mol. The van der Waals surface area contributed by atoms with Crippen molar-refractivity contribution in [3.8, 4) is 0 Å². The van der Waals surface area contributed by atoms with E-state index in [2.05, 4.69) is 0 Å². The van der Waals surface area contributed by atoms with E-state index in [0.29, 0.717) is 32.7 Å². The van der Waals surface area contributed by atoms with Crippen molar-refractivity contribution in [3.63, 3.8) is 0 Å². The lowest BCUT2D eigenvalue weighted by Gasteiger charge is -2.35. The average Bonchev–Trinajstić information content (AvgIpc) is 2.37. The van der Waals surface area contributed by atoms with Gasteiger partial charge in [-0.3, -0.25) is 4.79 Å². The zero-order chi connectivity index (χ0) is 13.5. The minimum Gasteiger partial charge on any atom is -0.481 e. The van der Waals surface area contributed by atoms with Crippen LogP contribution in [-0.2, 0) is 9.53 Å². The Hall–Kier alpha value is -1.30. The number of carbonyl (C=O) groups excluding carboxylic acids is 1. The normalized spacial score (nSPS) is 19.7. The molecule has 0 aromatic carbocycles. The third-order valence-corrected chi connectivity index (χ3v) is 3.08. The number of ether oxygens (including phenoxy) is 1. The molecule has 1 heterocycles. The van der Waals surface area contributed by atoms with Crippen LogP contribution in [-0.4, -0.2) is 66.3 Å². The van der Waals surface area contributed by atoms with Crippen LogP contribution in [0.15, 0.2) is 0 Å². The molecule has 6 heteroatoms. The summed E-state index contributed by atoms with van der Waals surface area (Å²) in [7, 11) is 1.71. The summed E-state index contributed by atoms with van der Waals surface area (Å²) in [6, 6.07) is -0.0397. The van der Waals surface area contributed by atoms with Gasteiger partial charge in [0.2, 0.25) is 0 Å². The van der Waals surface area contributed by atoms with Crippen molar-refractivity contribution in [1.82, 2.24) is 9.80 Å². The molecule has 1 atom stereocenters. The monoisotopic (exact) mass is 258 g/mol. The van der Waals surface area contributed by atoms with Crippen LogP contribution in [0.1, 0.15) is 26.2 Å². The van der Waals surface area contributed by atoms with E-state index in [9.17, 15) is 9.59 Å². The second-order valence-corrected chi connectivity index (χ2v) is 4.55. The molecule has 1 aliphatic heterocycles. The highest BCUT2D eigenvalue weighted by Gasteiger charge is 2.25. The molecule has 6 nitrogen and oxygen atoms in total. The van der Waals surface area contributed by atoms with Crippen LogP contribution in [0.3, 0.4) is 0 Å². The van der Waals surface area contributed by atoms with Crippen LogP contribution in [0.5, 0.6) is 0 Å². The van der Waals surface area contributed by atoms with Crippen LogP contribution in [0, 0.1) is 0 Å². The maximum atomic E-state index is 12.1. The lowest BCUT2D eigenvalue weighted by Crippen LogP contribution is -2.50. The van der Waals surface area contributed by atoms with Crippen molar-refractivity contribution < 1.29 is 19.4 Å². The van der Waals surface area contributed by atoms with Gasteiger partial charge in [-0.1, -0.05) is 6.92 Å². The van der Waals surface area contributed by atoms with Gasteiger partial charge in [-0.05, 0) is 12.8 Å². The SMILES string of the molecule is CCC1CN(C(=O)N(C)CCCC(=O)O)CCO1. The first-order valence-corrected chi connectivity index (χ1v) is 6.38. The van der Waals surface area contributed by atoms with Crippen LogP contribution in [0.2, 0.25) is 0 Å². The Kier molecular flexibility index (Phi) is 5.91. The maximum absolute atomic E-state index is 12.1. The molecular formula is C12H22N2O4. The van der Waals surface area contributed by atoms with Gasteiger partial charge in [0, 0.05) is 33.1 Å². The molecule has 1 N–H and O–H groups in total. The van der Waals surface area contributed by atoms with Gasteiger partial charge in [0.25, 0.3) is 0 Å². The zero-order valence-electron chi connectivity index (χ0n) is 11.1. The van der Waals surface area contributed by atoms with Gasteiger partial charge in [0.1, 0.15) is 0 Å². The predicted octanol–water partition coefficient (Wildman–Crippen LogP) is 1.01. The van der Waals surface area contributed by atoms with Crippen LogP contribution in [0.4, 0.5) is 4.79 Å². The first-order chi connectivity index (χ1) is 8.54. The van der Waals surface area contributed by atoms with Crippen LogP contribution in [0.25, 0.3) is 0 Å². The molecule has 1 saturated heterocycles. The average molecular weight is 258 g/mol. The van der Waals surface area contributed by atoms with E-state index in [1.54, 1.807) is 16.8 Å². The number of hydrogen-bond donors (Lipinski definition) is 1. The molecule has 0 aromatic rings. The van der Waals surface area contributed by atoms with Gasteiger partial charge in [0.15, 0.2) is 0 Å². The Morgan fingerprint density at radius 2 is 2.22 bits per heavy atom. The lowest BCUT2D eigenvalue weighted by atomic mass is 10.2. The molecule has 0 radical (unpaired) electrons. The van der Waals surface area contributed by atoms with Crippen LogP contribution >= 0.6 is 0 Å². The van der Waals surface area contributed by atoms with E-state index in [0.717, 1.165) is 6.42 Å². The van der Waals surface area contributed by atoms with Crippen molar-refractivity contribution in [3.05, 3.63) is 0 Å².